The van der Waals surface area contributed by atoms with Gasteiger partial charge in [-0.05, 0) is 92.5 Å². The molecule has 2 fully saturated rings. The standard InChI is InChI=1S/C29H31N5O/c1-19-4-5-23(16-27(19)32-18-20-3-2-11-30-17-20)29(35)34-25-8-9-26(34)15-21(14-25)13-24-7-6-22-10-12-31-28(22)33-24/h2-7,10-12,16-17,21,25-26,32H,8-9,13-15,18H2,1H3,(H,31,33). The number of hydrogen-bond donors (Lipinski definition) is 2. The molecule has 2 saturated heterocycles. The molecule has 2 atom stereocenters. The van der Waals surface area contributed by atoms with Gasteiger partial charge in [-0.15, -0.1) is 0 Å². The summed E-state index contributed by atoms with van der Waals surface area (Å²) in [6, 6.07) is 17.1. The number of aryl methyl sites for hydroxylation is 1. The number of aromatic nitrogens is 3. The molecule has 2 unspecified atom stereocenters. The molecule has 2 bridgehead atoms. The molecule has 1 aromatic carbocycles. The lowest BCUT2D eigenvalue weighted by atomic mass is 9.86. The third kappa shape index (κ3) is 4.41. The average Bonchev–Trinajstić information content (AvgIpc) is 3.45. The van der Waals surface area contributed by atoms with E-state index in [9.17, 15) is 4.79 Å². The molecule has 2 N–H and O–H groups in total. The van der Waals surface area contributed by atoms with Gasteiger partial charge in [-0.1, -0.05) is 12.1 Å². The van der Waals surface area contributed by atoms with Crippen LogP contribution in [-0.4, -0.2) is 37.8 Å². The summed E-state index contributed by atoms with van der Waals surface area (Å²) in [7, 11) is 0. The van der Waals surface area contributed by atoms with Crippen LogP contribution in [0.25, 0.3) is 11.0 Å². The van der Waals surface area contributed by atoms with Crippen molar-refractivity contribution in [2.45, 2.75) is 57.7 Å². The minimum Gasteiger partial charge on any atom is -0.381 e. The van der Waals surface area contributed by atoms with Crippen molar-refractivity contribution in [1.29, 1.82) is 0 Å². The van der Waals surface area contributed by atoms with E-state index in [0.717, 1.165) is 71.2 Å². The summed E-state index contributed by atoms with van der Waals surface area (Å²) >= 11 is 0. The lowest BCUT2D eigenvalue weighted by Crippen LogP contribution is -2.47. The van der Waals surface area contributed by atoms with Gasteiger partial charge in [0.05, 0.1) is 0 Å². The molecule has 0 saturated carbocycles. The van der Waals surface area contributed by atoms with Crippen LogP contribution in [0, 0.1) is 12.8 Å². The minimum atomic E-state index is 0.173. The van der Waals surface area contributed by atoms with Crippen molar-refractivity contribution in [3.63, 3.8) is 0 Å². The molecule has 178 valence electrons. The first kappa shape index (κ1) is 21.8. The van der Waals surface area contributed by atoms with Crippen LogP contribution in [0.5, 0.6) is 0 Å². The Morgan fingerprint density at radius 1 is 1.11 bits per heavy atom. The Balaban J connectivity index is 1.14. The SMILES string of the molecule is Cc1ccc(C(=O)N2C3CCC2CC(Cc2ccc4cc[nH]c4n2)C3)cc1NCc1cccnc1. The Morgan fingerprint density at radius 2 is 1.97 bits per heavy atom. The molecule has 6 rings (SSSR count). The molecule has 2 aliphatic rings. The molecule has 0 spiro atoms. The number of benzene rings is 1. The van der Waals surface area contributed by atoms with Gasteiger partial charge < -0.3 is 15.2 Å². The molecule has 35 heavy (non-hydrogen) atoms. The van der Waals surface area contributed by atoms with E-state index in [-0.39, 0.29) is 5.91 Å². The smallest absolute Gasteiger partial charge is 0.254 e. The van der Waals surface area contributed by atoms with E-state index >= 15 is 0 Å². The van der Waals surface area contributed by atoms with Crippen molar-refractivity contribution < 1.29 is 4.79 Å². The molecule has 0 radical (unpaired) electrons. The number of carbonyl (C=O) groups is 1. The first-order valence-corrected chi connectivity index (χ1v) is 12.6. The number of H-pyrrole nitrogens is 1. The molecular formula is C29H31N5O. The van der Waals surface area contributed by atoms with Crippen molar-refractivity contribution >= 4 is 22.6 Å². The van der Waals surface area contributed by atoms with Gasteiger partial charge in [0, 0.05) is 59.5 Å². The number of aromatic amines is 1. The molecule has 6 heteroatoms. The van der Waals surface area contributed by atoms with Crippen LogP contribution in [-0.2, 0) is 13.0 Å². The number of hydrogen-bond acceptors (Lipinski definition) is 4. The third-order valence-corrected chi connectivity index (χ3v) is 7.72. The number of piperidine rings is 1. The van der Waals surface area contributed by atoms with Crippen molar-refractivity contribution in [3.05, 3.63) is 89.5 Å². The summed E-state index contributed by atoms with van der Waals surface area (Å²) in [4.78, 5) is 28.1. The van der Waals surface area contributed by atoms with E-state index in [2.05, 4.69) is 57.4 Å². The van der Waals surface area contributed by atoms with Crippen LogP contribution in [0.1, 0.15) is 52.9 Å². The largest absolute Gasteiger partial charge is 0.381 e. The molecule has 3 aromatic heterocycles. The maximum atomic E-state index is 13.7. The van der Waals surface area contributed by atoms with Gasteiger partial charge in [-0.25, -0.2) is 4.98 Å². The fourth-order valence-electron chi connectivity index (χ4n) is 5.96. The predicted molar refractivity (Wildman–Crippen MR) is 138 cm³/mol. The van der Waals surface area contributed by atoms with Crippen molar-refractivity contribution in [3.8, 4) is 0 Å². The third-order valence-electron chi connectivity index (χ3n) is 7.72. The highest BCUT2D eigenvalue weighted by molar-refractivity contribution is 5.96. The van der Waals surface area contributed by atoms with E-state index in [0.29, 0.717) is 24.5 Å². The van der Waals surface area contributed by atoms with Gasteiger partial charge in [-0.3, -0.25) is 9.78 Å². The van der Waals surface area contributed by atoms with Crippen LogP contribution >= 0.6 is 0 Å². The molecular weight excluding hydrogens is 434 g/mol. The molecule has 4 aromatic rings. The number of rotatable bonds is 6. The van der Waals surface area contributed by atoms with Gasteiger partial charge in [0.1, 0.15) is 5.65 Å². The summed E-state index contributed by atoms with van der Waals surface area (Å²) in [5, 5.41) is 4.64. The van der Waals surface area contributed by atoms with Crippen LogP contribution in [0.15, 0.2) is 67.1 Å². The van der Waals surface area contributed by atoms with E-state index in [1.807, 2.05) is 30.6 Å². The highest BCUT2D eigenvalue weighted by Crippen LogP contribution is 2.41. The number of pyridine rings is 2. The van der Waals surface area contributed by atoms with Crippen molar-refractivity contribution in [2.24, 2.45) is 5.92 Å². The Labute approximate surface area is 205 Å². The molecule has 2 aliphatic heterocycles. The second-order valence-electron chi connectivity index (χ2n) is 10.1. The fourth-order valence-corrected chi connectivity index (χ4v) is 5.96. The van der Waals surface area contributed by atoms with Crippen LogP contribution in [0.4, 0.5) is 5.69 Å². The topological polar surface area (TPSA) is 73.9 Å². The van der Waals surface area contributed by atoms with Crippen LogP contribution in [0.3, 0.4) is 0 Å². The first-order valence-electron chi connectivity index (χ1n) is 12.6. The summed E-state index contributed by atoms with van der Waals surface area (Å²) in [5.41, 5.74) is 6.15. The molecule has 5 heterocycles. The minimum absolute atomic E-state index is 0.173. The van der Waals surface area contributed by atoms with Gasteiger partial charge >= 0.3 is 0 Å². The quantitative estimate of drug-likeness (QED) is 0.394. The molecule has 6 nitrogen and oxygen atoms in total. The van der Waals surface area contributed by atoms with E-state index in [1.54, 1.807) is 6.20 Å². The zero-order chi connectivity index (χ0) is 23.8. The second-order valence-corrected chi connectivity index (χ2v) is 10.1. The normalized spacial score (nSPS) is 21.4. The number of nitrogens with zero attached hydrogens (tertiary/aromatic N) is 3. The summed E-state index contributed by atoms with van der Waals surface area (Å²) in [6.07, 6.45) is 10.9. The average molecular weight is 466 g/mol. The number of nitrogens with one attached hydrogen (secondary N) is 2. The van der Waals surface area contributed by atoms with E-state index in [4.69, 9.17) is 4.98 Å². The van der Waals surface area contributed by atoms with Crippen LogP contribution < -0.4 is 5.32 Å². The highest BCUT2D eigenvalue weighted by atomic mass is 16.2. The van der Waals surface area contributed by atoms with Gasteiger partial charge in [0.25, 0.3) is 5.91 Å². The van der Waals surface area contributed by atoms with Gasteiger partial charge in [0.15, 0.2) is 0 Å². The predicted octanol–water partition coefficient (Wildman–Crippen LogP) is 5.50. The Morgan fingerprint density at radius 3 is 2.77 bits per heavy atom. The van der Waals surface area contributed by atoms with Crippen molar-refractivity contribution in [2.75, 3.05) is 5.32 Å². The molecule has 0 aliphatic carbocycles. The number of anilines is 1. The molecule has 1 amide bonds. The zero-order valence-electron chi connectivity index (χ0n) is 20.1. The number of carbonyl (C=O) groups excluding carboxylic acids is 1. The Bertz CT molecular complexity index is 1330. The second kappa shape index (κ2) is 9.17. The van der Waals surface area contributed by atoms with Crippen LogP contribution in [0.2, 0.25) is 0 Å². The number of fused-ring (bicyclic) bond motifs is 3. The first-order chi connectivity index (χ1) is 17.1. The zero-order valence-corrected chi connectivity index (χ0v) is 20.1. The van der Waals surface area contributed by atoms with E-state index in [1.165, 1.54) is 0 Å². The van der Waals surface area contributed by atoms with Gasteiger partial charge in [0.2, 0.25) is 0 Å². The summed E-state index contributed by atoms with van der Waals surface area (Å²) in [5.74, 6) is 0.748. The Hall–Kier alpha value is -3.67. The highest BCUT2D eigenvalue weighted by Gasteiger charge is 2.43. The lowest BCUT2D eigenvalue weighted by Gasteiger charge is -2.39. The number of amides is 1. The lowest BCUT2D eigenvalue weighted by molar-refractivity contribution is 0.0524. The monoisotopic (exact) mass is 465 g/mol. The summed E-state index contributed by atoms with van der Waals surface area (Å²) in [6.45, 7) is 2.76. The maximum absolute atomic E-state index is 13.7. The fraction of sp³-hybridized carbons (Fsp3) is 0.345. The van der Waals surface area contributed by atoms with E-state index < -0.39 is 0 Å². The Kier molecular flexibility index (Phi) is 5.72. The van der Waals surface area contributed by atoms with Gasteiger partial charge in [-0.2, -0.15) is 0 Å². The summed E-state index contributed by atoms with van der Waals surface area (Å²) < 4.78 is 0. The maximum Gasteiger partial charge on any atom is 0.254 e. The van der Waals surface area contributed by atoms with Crippen molar-refractivity contribution in [1.82, 2.24) is 19.9 Å².